The number of nitrogens with two attached hydrogens (primary N) is 1. The van der Waals surface area contributed by atoms with E-state index in [4.69, 9.17) is 14.6 Å². The van der Waals surface area contributed by atoms with Gasteiger partial charge in [-0.2, -0.15) is 0 Å². The average Bonchev–Trinajstić information content (AvgIpc) is 3.08. The Morgan fingerprint density at radius 2 is 1.83 bits per heavy atom. The van der Waals surface area contributed by atoms with Gasteiger partial charge >= 0.3 is 5.97 Å². The second kappa shape index (κ2) is 8.85. The number of hydrogen-bond donors (Lipinski definition) is 1. The first-order valence-electron chi connectivity index (χ1n) is 9.45. The van der Waals surface area contributed by atoms with Crippen LogP contribution in [0.15, 0.2) is 47.4 Å². The minimum absolute atomic E-state index is 0.0134. The van der Waals surface area contributed by atoms with Crippen molar-refractivity contribution < 1.29 is 27.5 Å². The quantitative estimate of drug-likeness (QED) is 0.528. The molecule has 0 aromatic heterocycles. The largest absolute Gasteiger partial charge is 0.490 e. The summed E-state index contributed by atoms with van der Waals surface area (Å²) in [6, 6.07) is 11.4. The molecule has 1 heterocycles. The summed E-state index contributed by atoms with van der Waals surface area (Å²) in [7, 11) is -3.76. The number of ether oxygens (including phenoxy) is 2. The summed E-state index contributed by atoms with van der Waals surface area (Å²) in [5.74, 6) is -0.636. The monoisotopic (exact) mass is 432 g/mol. The van der Waals surface area contributed by atoms with Gasteiger partial charge in [0.15, 0.2) is 0 Å². The number of primary sulfonamides is 1. The van der Waals surface area contributed by atoms with E-state index in [0.29, 0.717) is 5.75 Å². The van der Waals surface area contributed by atoms with E-state index >= 15 is 0 Å². The first-order valence-corrected chi connectivity index (χ1v) is 11.0. The maximum Gasteiger partial charge on any atom is 0.311 e. The van der Waals surface area contributed by atoms with Crippen molar-refractivity contribution in [1.29, 1.82) is 0 Å². The molecule has 0 bridgehead atoms. The Kier molecular flexibility index (Phi) is 6.42. The fourth-order valence-corrected chi connectivity index (χ4v) is 3.79. The molecule has 0 spiro atoms. The lowest BCUT2D eigenvalue weighted by atomic mass is 10.1. The summed E-state index contributed by atoms with van der Waals surface area (Å²) in [5, 5.41) is 5.04. The van der Waals surface area contributed by atoms with Crippen LogP contribution in [0.25, 0.3) is 0 Å². The van der Waals surface area contributed by atoms with Gasteiger partial charge in [0.05, 0.1) is 10.8 Å². The van der Waals surface area contributed by atoms with Gasteiger partial charge in [0.2, 0.25) is 15.9 Å². The summed E-state index contributed by atoms with van der Waals surface area (Å²) < 4.78 is 33.1. The molecule has 1 unspecified atom stereocenters. The molecule has 30 heavy (non-hydrogen) atoms. The number of nitrogens with zero attached hydrogens (tertiary/aromatic N) is 1. The number of rotatable bonds is 7. The van der Waals surface area contributed by atoms with Crippen molar-refractivity contribution in [2.45, 2.75) is 25.2 Å². The Morgan fingerprint density at radius 1 is 1.13 bits per heavy atom. The lowest BCUT2D eigenvalue weighted by molar-refractivity contribution is -0.149. The highest BCUT2D eigenvalue weighted by Crippen LogP contribution is 2.29. The minimum atomic E-state index is -3.76. The van der Waals surface area contributed by atoms with Gasteiger partial charge in [0, 0.05) is 18.7 Å². The van der Waals surface area contributed by atoms with Crippen LogP contribution in [-0.2, 0) is 24.3 Å². The number of sulfonamides is 1. The normalized spacial score (nSPS) is 16.6. The number of amides is 1. The van der Waals surface area contributed by atoms with E-state index in [2.05, 4.69) is 0 Å². The number of benzene rings is 2. The van der Waals surface area contributed by atoms with E-state index in [-0.39, 0.29) is 37.0 Å². The van der Waals surface area contributed by atoms with Gasteiger partial charge in [0.1, 0.15) is 19.0 Å². The summed E-state index contributed by atoms with van der Waals surface area (Å²) in [5.41, 5.74) is 2.92. The first-order chi connectivity index (χ1) is 14.2. The zero-order valence-corrected chi connectivity index (χ0v) is 17.6. The predicted octanol–water partition coefficient (Wildman–Crippen LogP) is 1.93. The molecule has 1 aliphatic heterocycles. The highest BCUT2D eigenvalue weighted by atomic mass is 32.2. The number of anilines is 1. The summed E-state index contributed by atoms with van der Waals surface area (Å²) >= 11 is 0. The number of esters is 1. The highest BCUT2D eigenvalue weighted by molar-refractivity contribution is 7.89. The number of carbonyl (C=O) groups excluding carboxylic acids is 2. The van der Waals surface area contributed by atoms with Crippen molar-refractivity contribution in [3.05, 3.63) is 53.6 Å². The SMILES string of the molecule is Cc1cccc(N2CC(C(=O)OCCOc3ccc(S(N)(=O)=O)cc3)CC2=O)c1C. The van der Waals surface area contributed by atoms with Crippen LogP contribution in [0.5, 0.6) is 5.75 Å². The highest BCUT2D eigenvalue weighted by Gasteiger charge is 2.36. The molecular formula is C21H24N2O6S. The van der Waals surface area contributed by atoms with Gasteiger partial charge in [-0.05, 0) is 55.3 Å². The molecule has 0 radical (unpaired) electrons. The van der Waals surface area contributed by atoms with Crippen LogP contribution >= 0.6 is 0 Å². The van der Waals surface area contributed by atoms with Gasteiger partial charge in [-0.1, -0.05) is 12.1 Å². The molecule has 2 aromatic carbocycles. The van der Waals surface area contributed by atoms with E-state index in [1.54, 1.807) is 4.90 Å². The second-order valence-corrected chi connectivity index (χ2v) is 8.72. The smallest absolute Gasteiger partial charge is 0.311 e. The average molecular weight is 432 g/mol. The molecule has 0 saturated carbocycles. The maximum atomic E-state index is 12.4. The van der Waals surface area contributed by atoms with E-state index in [9.17, 15) is 18.0 Å². The molecule has 160 valence electrons. The first kappa shape index (κ1) is 21.8. The van der Waals surface area contributed by atoms with Crippen molar-refractivity contribution in [3.8, 4) is 5.75 Å². The van der Waals surface area contributed by atoms with Crippen molar-refractivity contribution in [2.24, 2.45) is 11.1 Å². The van der Waals surface area contributed by atoms with Crippen LogP contribution in [0.1, 0.15) is 17.5 Å². The Hall–Kier alpha value is -2.91. The molecule has 9 heteroatoms. The molecule has 0 aliphatic carbocycles. The summed E-state index contributed by atoms with van der Waals surface area (Å²) in [6.45, 7) is 4.34. The third-order valence-corrected chi connectivity index (χ3v) is 6.00. The Balaban J connectivity index is 1.49. The van der Waals surface area contributed by atoms with Crippen molar-refractivity contribution in [1.82, 2.24) is 0 Å². The van der Waals surface area contributed by atoms with E-state index in [1.165, 1.54) is 24.3 Å². The molecule has 1 atom stereocenters. The molecule has 1 aliphatic rings. The van der Waals surface area contributed by atoms with Gasteiger partial charge < -0.3 is 14.4 Å². The number of carbonyl (C=O) groups is 2. The molecule has 3 rings (SSSR count). The Labute approximate surface area is 175 Å². The summed E-state index contributed by atoms with van der Waals surface area (Å²) in [6.07, 6.45) is 0.113. The van der Waals surface area contributed by atoms with E-state index in [1.807, 2.05) is 32.0 Å². The lowest BCUT2D eigenvalue weighted by Crippen LogP contribution is -2.27. The van der Waals surface area contributed by atoms with Crippen LogP contribution in [0, 0.1) is 19.8 Å². The molecule has 1 fully saturated rings. The van der Waals surface area contributed by atoms with Gasteiger partial charge in [-0.3, -0.25) is 9.59 Å². The lowest BCUT2D eigenvalue weighted by Gasteiger charge is -2.20. The number of aryl methyl sites for hydroxylation is 1. The second-order valence-electron chi connectivity index (χ2n) is 7.16. The minimum Gasteiger partial charge on any atom is -0.490 e. The topological polar surface area (TPSA) is 116 Å². The van der Waals surface area contributed by atoms with Crippen molar-refractivity contribution in [2.75, 3.05) is 24.7 Å². The zero-order valence-electron chi connectivity index (χ0n) is 16.8. The van der Waals surface area contributed by atoms with Gasteiger partial charge in [-0.15, -0.1) is 0 Å². The van der Waals surface area contributed by atoms with Crippen LogP contribution < -0.4 is 14.8 Å². The molecule has 2 N–H and O–H groups in total. The molecular weight excluding hydrogens is 408 g/mol. The maximum absolute atomic E-state index is 12.4. The van der Waals surface area contributed by atoms with Crippen LogP contribution in [0.2, 0.25) is 0 Å². The van der Waals surface area contributed by atoms with E-state index < -0.39 is 21.9 Å². The third kappa shape index (κ3) is 4.98. The van der Waals surface area contributed by atoms with Crippen LogP contribution in [-0.4, -0.2) is 40.1 Å². The standard InChI is InChI=1S/C21H24N2O6S/c1-14-4-3-5-19(15(14)2)23-13-16(12-20(23)24)21(25)29-11-10-28-17-6-8-18(9-7-17)30(22,26)27/h3-9,16H,10-13H2,1-2H3,(H2,22,26,27). The fourth-order valence-electron chi connectivity index (χ4n) is 3.27. The molecule has 1 saturated heterocycles. The molecule has 1 amide bonds. The van der Waals surface area contributed by atoms with Gasteiger partial charge in [0.25, 0.3) is 0 Å². The zero-order chi connectivity index (χ0) is 21.9. The van der Waals surface area contributed by atoms with Crippen LogP contribution in [0.3, 0.4) is 0 Å². The Morgan fingerprint density at radius 3 is 2.50 bits per heavy atom. The Bertz CT molecular complexity index is 1050. The van der Waals surface area contributed by atoms with E-state index in [0.717, 1.165) is 16.8 Å². The van der Waals surface area contributed by atoms with Crippen molar-refractivity contribution >= 4 is 27.6 Å². The molecule has 2 aromatic rings. The van der Waals surface area contributed by atoms with Gasteiger partial charge in [-0.25, -0.2) is 13.6 Å². The third-order valence-electron chi connectivity index (χ3n) is 5.07. The summed E-state index contributed by atoms with van der Waals surface area (Å²) in [4.78, 5) is 26.4. The fraction of sp³-hybridized carbons (Fsp3) is 0.333. The predicted molar refractivity (Wildman–Crippen MR) is 111 cm³/mol. The molecule has 8 nitrogen and oxygen atoms in total. The van der Waals surface area contributed by atoms with Crippen molar-refractivity contribution in [3.63, 3.8) is 0 Å². The number of hydrogen-bond acceptors (Lipinski definition) is 6. The van der Waals surface area contributed by atoms with Crippen LogP contribution in [0.4, 0.5) is 5.69 Å².